The average molecular weight is 346 g/mol. The molecule has 0 spiro atoms. The predicted molar refractivity (Wildman–Crippen MR) is 99.9 cm³/mol. The predicted octanol–water partition coefficient (Wildman–Crippen LogP) is 3.16. The van der Waals surface area contributed by atoms with E-state index in [0.29, 0.717) is 12.0 Å². The number of rotatable bonds is 3. The molecule has 7 heteroatoms. The van der Waals surface area contributed by atoms with Gasteiger partial charge in [-0.3, -0.25) is 9.97 Å². The number of nitrogens with zero attached hydrogens (tertiary/aromatic N) is 4. The van der Waals surface area contributed by atoms with Crippen LogP contribution in [0.4, 0.5) is 5.95 Å². The summed E-state index contributed by atoms with van der Waals surface area (Å²) in [6.07, 6.45) is 9.21. The van der Waals surface area contributed by atoms with Gasteiger partial charge in [0.25, 0.3) is 0 Å². The van der Waals surface area contributed by atoms with E-state index < -0.39 is 0 Å². The van der Waals surface area contributed by atoms with Crippen LogP contribution in [0, 0.1) is 0 Å². The summed E-state index contributed by atoms with van der Waals surface area (Å²) >= 11 is 0. The Kier molecular flexibility index (Phi) is 3.71. The van der Waals surface area contributed by atoms with Gasteiger partial charge in [0.2, 0.25) is 5.95 Å². The minimum absolute atomic E-state index is 0.370. The van der Waals surface area contributed by atoms with E-state index in [1.807, 2.05) is 30.6 Å². The number of H-pyrrole nitrogens is 1. The van der Waals surface area contributed by atoms with Crippen molar-refractivity contribution in [1.29, 1.82) is 0 Å². The van der Waals surface area contributed by atoms with Gasteiger partial charge in [-0.15, -0.1) is 0 Å². The Labute approximate surface area is 149 Å². The lowest BCUT2D eigenvalue weighted by Gasteiger charge is -2.22. The van der Waals surface area contributed by atoms with Gasteiger partial charge >= 0.3 is 0 Å². The van der Waals surface area contributed by atoms with E-state index in [1.165, 1.54) is 0 Å². The molecule has 4 heterocycles. The fourth-order valence-electron chi connectivity index (χ4n) is 3.37. The van der Waals surface area contributed by atoms with Crippen LogP contribution >= 0.6 is 0 Å². The normalized spacial score (nSPS) is 15.5. The van der Waals surface area contributed by atoms with Gasteiger partial charge in [-0.05, 0) is 30.5 Å². The molecule has 1 aliphatic rings. The number of anilines is 1. The molecule has 7 nitrogen and oxygen atoms in total. The van der Waals surface area contributed by atoms with E-state index in [2.05, 4.69) is 30.2 Å². The van der Waals surface area contributed by atoms with Gasteiger partial charge in [0.1, 0.15) is 5.65 Å². The van der Waals surface area contributed by atoms with E-state index in [0.717, 1.165) is 59.2 Å². The third-order valence-corrected chi connectivity index (χ3v) is 4.77. The molecule has 3 aromatic heterocycles. The summed E-state index contributed by atoms with van der Waals surface area (Å²) in [7, 11) is 0. The smallest absolute Gasteiger partial charge is 0.224 e. The summed E-state index contributed by atoms with van der Waals surface area (Å²) in [6, 6.07) is 6.44. The second-order valence-corrected chi connectivity index (χ2v) is 6.45. The zero-order chi connectivity index (χ0) is 17.3. The summed E-state index contributed by atoms with van der Waals surface area (Å²) in [4.78, 5) is 21.1. The number of hydrogen-bond donors (Lipinski definition) is 2. The fraction of sp³-hybridized carbons (Fsp3) is 0.263. The van der Waals surface area contributed by atoms with Crippen molar-refractivity contribution in [1.82, 2.24) is 24.9 Å². The maximum absolute atomic E-state index is 5.39. The molecule has 0 saturated carbocycles. The van der Waals surface area contributed by atoms with Gasteiger partial charge in [0, 0.05) is 55.0 Å². The van der Waals surface area contributed by atoms with Crippen LogP contribution in [0.3, 0.4) is 0 Å². The van der Waals surface area contributed by atoms with Crippen LogP contribution in [0.5, 0.6) is 0 Å². The maximum Gasteiger partial charge on any atom is 0.224 e. The molecule has 5 rings (SSSR count). The first-order valence-electron chi connectivity index (χ1n) is 8.76. The van der Waals surface area contributed by atoms with Crippen LogP contribution in [-0.4, -0.2) is 44.2 Å². The minimum Gasteiger partial charge on any atom is -0.381 e. The SMILES string of the molecule is c1cnc2cc(-c3c[nH]c4nc(NC5CCOCC5)ncc34)ccc2n1. The van der Waals surface area contributed by atoms with Crippen LogP contribution in [0.2, 0.25) is 0 Å². The van der Waals surface area contributed by atoms with Gasteiger partial charge in [0.15, 0.2) is 0 Å². The Balaban J connectivity index is 1.48. The molecule has 4 aromatic rings. The number of fused-ring (bicyclic) bond motifs is 2. The molecule has 26 heavy (non-hydrogen) atoms. The molecule has 130 valence electrons. The molecule has 0 atom stereocenters. The number of nitrogens with one attached hydrogen (secondary N) is 2. The molecular weight excluding hydrogens is 328 g/mol. The van der Waals surface area contributed by atoms with Gasteiger partial charge < -0.3 is 15.0 Å². The zero-order valence-electron chi connectivity index (χ0n) is 14.1. The Bertz CT molecular complexity index is 1070. The number of aromatic amines is 1. The van der Waals surface area contributed by atoms with Gasteiger partial charge in [-0.25, -0.2) is 4.98 Å². The number of ether oxygens (including phenoxy) is 1. The molecule has 0 radical (unpaired) electrons. The molecule has 0 unspecified atom stereocenters. The summed E-state index contributed by atoms with van der Waals surface area (Å²) in [5.41, 5.74) is 4.71. The van der Waals surface area contributed by atoms with Crippen LogP contribution in [0.1, 0.15) is 12.8 Å². The Hall–Kier alpha value is -3.06. The molecular formula is C19H18N6O. The molecule has 1 aliphatic heterocycles. The van der Waals surface area contributed by atoms with Crippen molar-refractivity contribution in [2.24, 2.45) is 0 Å². The first-order chi connectivity index (χ1) is 12.9. The second kappa shape index (κ2) is 6.34. The highest BCUT2D eigenvalue weighted by molar-refractivity contribution is 5.95. The molecule has 0 amide bonds. The molecule has 1 saturated heterocycles. The van der Waals surface area contributed by atoms with Gasteiger partial charge in [-0.2, -0.15) is 4.98 Å². The summed E-state index contributed by atoms with van der Waals surface area (Å²) < 4.78 is 5.39. The van der Waals surface area contributed by atoms with Crippen molar-refractivity contribution >= 4 is 28.0 Å². The lowest BCUT2D eigenvalue weighted by Crippen LogP contribution is -2.28. The molecule has 2 N–H and O–H groups in total. The summed E-state index contributed by atoms with van der Waals surface area (Å²) in [5.74, 6) is 0.655. The largest absolute Gasteiger partial charge is 0.381 e. The summed E-state index contributed by atoms with van der Waals surface area (Å²) in [6.45, 7) is 1.58. The van der Waals surface area contributed by atoms with Crippen LogP contribution in [-0.2, 0) is 4.74 Å². The van der Waals surface area contributed by atoms with Crippen LogP contribution in [0.25, 0.3) is 33.2 Å². The van der Waals surface area contributed by atoms with Crippen molar-refractivity contribution in [3.05, 3.63) is 43.0 Å². The van der Waals surface area contributed by atoms with E-state index in [9.17, 15) is 0 Å². The maximum atomic E-state index is 5.39. The third-order valence-electron chi connectivity index (χ3n) is 4.77. The molecule has 1 fully saturated rings. The van der Waals surface area contributed by atoms with Crippen molar-refractivity contribution < 1.29 is 4.74 Å². The van der Waals surface area contributed by atoms with Gasteiger partial charge in [0.05, 0.1) is 11.0 Å². The molecule has 0 aliphatic carbocycles. The van der Waals surface area contributed by atoms with Gasteiger partial charge in [-0.1, -0.05) is 6.07 Å². The second-order valence-electron chi connectivity index (χ2n) is 6.45. The van der Waals surface area contributed by atoms with Crippen molar-refractivity contribution in [2.75, 3.05) is 18.5 Å². The highest BCUT2D eigenvalue weighted by atomic mass is 16.5. The van der Waals surface area contributed by atoms with Crippen molar-refractivity contribution in [3.63, 3.8) is 0 Å². The lowest BCUT2D eigenvalue weighted by molar-refractivity contribution is 0.0903. The first kappa shape index (κ1) is 15.2. The first-order valence-corrected chi connectivity index (χ1v) is 8.76. The highest BCUT2D eigenvalue weighted by Crippen LogP contribution is 2.29. The van der Waals surface area contributed by atoms with Crippen molar-refractivity contribution in [2.45, 2.75) is 18.9 Å². The number of benzene rings is 1. The van der Waals surface area contributed by atoms with E-state index in [1.54, 1.807) is 12.4 Å². The van der Waals surface area contributed by atoms with Crippen LogP contribution < -0.4 is 5.32 Å². The highest BCUT2D eigenvalue weighted by Gasteiger charge is 2.15. The Morgan fingerprint density at radius 1 is 1.04 bits per heavy atom. The summed E-state index contributed by atoms with van der Waals surface area (Å²) in [5, 5.41) is 4.40. The Morgan fingerprint density at radius 2 is 1.88 bits per heavy atom. The zero-order valence-corrected chi connectivity index (χ0v) is 14.1. The molecule has 0 bridgehead atoms. The van der Waals surface area contributed by atoms with E-state index in [-0.39, 0.29) is 0 Å². The quantitative estimate of drug-likeness (QED) is 0.592. The standard InChI is InChI=1S/C19H18N6O/c1-2-16-17(21-6-5-20-16)9-12(1)14-10-22-18-15(14)11-23-19(25-18)24-13-3-7-26-8-4-13/h1-2,5-6,9-11,13H,3-4,7-8H2,(H2,22,23,24,25). The average Bonchev–Trinajstić information content (AvgIpc) is 3.12. The van der Waals surface area contributed by atoms with Crippen LogP contribution in [0.15, 0.2) is 43.0 Å². The molecule has 1 aromatic carbocycles. The Morgan fingerprint density at radius 3 is 2.77 bits per heavy atom. The topological polar surface area (TPSA) is 88.6 Å². The van der Waals surface area contributed by atoms with Crippen molar-refractivity contribution in [3.8, 4) is 11.1 Å². The number of hydrogen-bond acceptors (Lipinski definition) is 6. The monoisotopic (exact) mass is 346 g/mol. The van der Waals surface area contributed by atoms with E-state index >= 15 is 0 Å². The minimum atomic E-state index is 0.370. The lowest BCUT2D eigenvalue weighted by atomic mass is 10.1. The number of aromatic nitrogens is 5. The third kappa shape index (κ3) is 2.76. The van der Waals surface area contributed by atoms with E-state index in [4.69, 9.17) is 4.74 Å². The fourth-order valence-corrected chi connectivity index (χ4v) is 3.37.